The molecular formula is C12H16F3NO3S2. The average Bonchev–Trinajstić information content (AvgIpc) is 2.76. The lowest BCUT2D eigenvalue weighted by Gasteiger charge is -2.22. The fraction of sp³-hybridized carbons (Fsp3) is 0.667. The summed E-state index contributed by atoms with van der Waals surface area (Å²) in [5, 5.41) is 0.781. The van der Waals surface area contributed by atoms with Gasteiger partial charge in [-0.2, -0.15) is 13.2 Å². The number of Topliss-reactive ketones (excluding diaryl/α,β-unsaturated/α-hetero) is 1. The Labute approximate surface area is 125 Å². The lowest BCUT2D eigenvalue weighted by Crippen LogP contribution is -2.43. The molecule has 1 aromatic heterocycles. The number of halogens is 3. The van der Waals surface area contributed by atoms with E-state index in [4.69, 9.17) is 0 Å². The van der Waals surface area contributed by atoms with E-state index in [-0.39, 0.29) is 10.8 Å². The molecule has 1 rings (SSSR count). The molecule has 4 nitrogen and oxygen atoms in total. The Morgan fingerprint density at radius 1 is 1.33 bits per heavy atom. The van der Waals surface area contributed by atoms with Gasteiger partial charge in [0.1, 0.15) is 9.75 Å². The first kappa shape index (κ1) is 18.1. The molecule has 0 fully saturated rings. The van der Waals surface area contributed by atoms with Gasteiger partial charge in [-0.3, -0.25) is 4.79 Å². The third-order valence-corrected chi connectivity index (χ3v) is 6.65. The van der Waals surface area contributed by atoms with E-state index >= 15 is 0 Å². The van der Waals surface area contributed by atoms with Crippen molar-refractivity contribution in [3.8, 4) is 0 Å². The Morgan fingerprint density at radius 2 is 1.90 bits per heavy atom. The molecule has 0 atom stereocenters. The van der Waals surface area contributed by atoms with Gasteiger partial charge in [0.15, 0.2) is 21.3 Å². The Hall–Kier alpha value is -0.960. The normalized spacial score (nSPS) is 13.4. The molecule has 1 heterocycles. The zero-order chi connectivity index (χ0) is 16.5. The average molecular weight is 343 g/mol. The number of alkyl halides is 3. The van der Waals surface area contributed by atoms with Gasteiger partial charge in [0.25, 0.3) is 0 Å². The minimum absolute atomic E-state index is 0.0351. The van der Waals surface area contributed by atoms with E-state index in [0.29, 0.717) is 17.8 Å². The van der Waals surface area contributed by atoms with Crippen LogP contribution in [-0.4, -0.2) is 29.7 Å². The molecular weight excluding hydrogens is 327 g/mol. The van der Waals surface area contributed by atoms with Crippen molar-refractivity contribution >= 4 is 27.0 Å². The summed E-state index contributed by atoms with van der Waals surface area (Å²) in [6.45, 7) is 4.23. The Balaban J connectivity index is 2.93. The summed E-state index contributed by atoms with van der Waals surface area (Å²) >= 11 is 0.698. The van der Waals surface area contributed by atoms with Crippen molar-refractivity contribution in [3.05, 3.63) is 16.1 Å². The number of thiazole rings is 1. The van der Waals surface area contributed by atoms with Crippen LogP contribution in [0.4, 0.5) is 13.2 Å². The minimum atomic E-state index is -4.57. The minimum Gasteiger partial charge on any atom is -0.297 e. The first-order valence-electron chi connectivity index (χ1n) is 6.19. The van der Waals surface area contributed by atoms with E-state index in [2.05, 4.69) is 4.98 Å². The molecule has 0 aromatic carbocycles. The third kappa shape index (κ3) is 4.03. The van der Waals surface area contributed by atoms with Crippen molar-refractivity contribution in [1.29, 1.82) is 0 Å². The van der Waals surface area contributed by atoms with E-state index in [1.54, 1.807) is 6.92 Å². The van der Waals surface area contributed by atoms with Crippen LogP contribution in [0.15, 0.2) is 5.38 Å². The molecule has 0 radical (unpaired) electrons. The van der Waals surface area contributed by atoms with Gasteiger partial charge in [0.05, 0.1) is 12.2 Å². The van der Waals surface area contributed by atoms with E-state index < -0.39 is 38.7 Å². The Kier molecular flexibility index (Phi) is 5.20. The number of hydrogen-bond donors (Lipinski definition) is 0. The van der Waals surface area contributed by atoms with Crippen LogP contribution < -0.4 is 0 Å². The molecule has 0 saturated heterocycles. The summed E-state index contributed by atoms with van der Waals surface area (Å²) in [5.41, 5.74) is -1.07. The quantitative estimate of drug-likeness (QED) is 0.797. The number of rotatable bonds is 6. The molecule has 0 spiro atoms. The first-order chi connectivity index (χ1) is 9.41. The van der Waals surface area contributed by atoms with Gasteiger partial charge < -0.3 is 0 Å². The Morgan fingerprint density at radius 3 is 2.33 bits per heavy atom. The van der Waals surface area contributed by atoms with Gasteiger partial charge in [-0.15, -0.1) is 11.3 Å². The molecule has 0 amide bonds. The number of carbonyl (C=O) groups is 1. The summed E-state index contributed by atoms with van der Waals surface area (Å²) < 4.78 is 59.7. The van der Waals surface area contributed by atoms with Gasteiger partial charge in [-0.25, -0.2) is 13.4 Å². The second-order valence-electron chi connectivity index (χ2n) is 5.05. The number of nitrogens with zero attached hydrogens (tertiary/aromatic N) is 1. The standard InChI is InChI=1S/C12H16F3NO3S2/c1-4-5-21(18,19)11(2,3)9(17)6-10-16-8(7-20-10)12(13,14)15/h7H,4-6H2,1-3H3. The van der Waals surface area contributed by atoms with Crippen molar-refractivity contribution in [2.45, 2.75) is 44.5 Å². The summed E-state index contributed by atoms with van der Waals surface area (Å²) in [7, 11) is -3.65. The second kappa shape index (κ2) is 6.04. The van der Waals surface area contributed by atoms with Gasteiger partial charge >= 0.3 is 6.18 Å². The molecule has 0 N–H and O–H groups in total. The highest BCUT2D eigenvalue weighted by Gasteiger charge is 2.41. The predicted molar refractivity (Wildman–Crippen MR) is 74.0 cm³/mol. The van der Waals surface area contributed by atoms with Crippen LogP contribution in [0.25, 0.3) is 0 Å². The van der Waals surface area contributed by atoms with Crippen LogP contribution >= 0.6 is 11.3 Å². The van der Waals surface area contributed by atoms with Crippen LogP contribution in [0.1, 0.15) is 37.9 Å². The maximum Gasteiger partial charge on any atom is 0.434 e. The molecule has 0 saturated carbocycles. The molecule has 0 aliphatic carbocycles. The van der Waals surface area contributed by atoms with E-state index in [0.717, 1.165) is 5.38 Å². The second-order valence-corrected chi connectivity index (χ2v) is 8.65. The number of hydrogen-bond acceptors (Lipinski definition) is 5. The van der Waals surface area contributed by atoms with E-state index in [9.17, 15) is 26.4 Å². The van der Waals surface area contributed by atoms with Crippen LogP contribution in [0.5, 0.6) is 0 Å². The smallest absolute Gasteiger partial charge is 0.297 e. The summed E-state index contributed by atoms with van der Waals surface area (Å²) in [4.78, 5) is 15.5. The maximum atomic E-state index is 12.4. The van der Waals surface area contributed by atoms with Crippen LogP contribution in [0, 0.1) is 0 Å². The van der Waals surface area contributed by atoms with Crippen molar-refractivity contribution < 1.29 is 26.4 Å². The SMILES string of the molecule is CCCS(=O)(=O)C(C)(C)C(=O)Cc1nc(C(F)(F)F)cs1. The van der Waals surface area contributed by atoms with Crippen molar-refractivity contribution in [1.82, 2.24) is 4.98 Å². The van der Waals surface area contributed by atoms with Gasteiger partial charge in [0.2, 0.25) is 0 Å². The number of carbonyl (C=O) groups excluding carboxylic acids is 1. The lowest BCUT2D eigenvalue weighted by atomic mass is 10.1. The monoisotopic (exact) mass is 343 g/mol. The third-order valence-electron chi connectivity index (χ3n) is 3.08. The molecule has 9 heteroatoms. The maximum absolute atomic E-state index is 12.4. The van der Waals surface area contributed by atoms with Crippen LogP contribution in [0.3, 0.4) is 0 Å². The predicted octanol–water partition coefficient (Wildman–Crippen LogP) is 2.88. The largest absolute Gasteiger partial charge is 0.434 e. The van der Waals surface area contributed by atoms with Crippen molar-refractivity contribution in [3.63, 3.8) is 0 Å². The zero-order valence-electron chi connectivity index (χ0n) is 11.8. The van der Waals surface area contributed by atoms with Crippen molar-refractivity contribution in [2.75, 3.05) is 5.75 Å². The number of ketones is 1. The van der Waals surface area contributed by atoms with Gasteiger partial charge in [-0.1, -0.05) is 6.92 Å². The molecule has 21 heavy (non-hydrogen) atoms. The summed E-state index contributed by atoms with van der Waals surface area (Å²) in [6.07, 6.45) is -4.62. The topological polar surface area (TPSA) is 64.1 Å². The fourth-order valence-corrected chi connectivity index (χ4v) is 3.84. The van der Waals surface area contributed by atoms with Crippen LogP contribution in [-0.2, 0) is 27.2 Å². The van der Waals surface area contributed by atoms with E-state index in [1.807, 2.05) is 0 Å². The highest BCUT2D eigenvalue weighted by molar-refractivity contribution is 7.93. The fourth-order valence-electron chi connectivity index (χ4n) is 1.57. The summed E-state index contributed by atoms with van der Waals surface area (Å²) in [5.74, 6) is -0.795. The molecule has 0 aliphatic rings. The molecule has 0 aliphatic heterocycles. The van der Waals surface area contributed by atoms with Gasteiger partial charge in [-0.05, 0) is 20.3 Å². The van der Waals surface area contributed by atoms with E-state index in [1.165, 1.54) is 13.8 Å². The lowest BCUT2D eigenvalue weighted by molar-refractivity contribution is -0.140. The highest BCUT2D eigenvalue weighted by Crippen LogP contribution is 2.31. The number of sulfone groups is 1. The summed E-state index contributed by atoms with van der Waals surface area (Å²) in [6, 6.07) is 0. The highest BCUT2D eigenvalue weighted by atomic mass is 32.2. The molecule has 0 unspecified atom stereocenters. The number of aromatic nitrogens is 1. The first-order valence-corrected chi connectivity index (χ1v) is 8.72. The van der Waals surface area contributed by atoms with Gasteiger partial charge in [0, 0.05) is 5.38 Å². The molecule has 120 valence electrons. The zero-order valence-corrected chi connectivity index (χ0v) is 13.5. The van der Waals surface area contributed by atoms with Crippen LogP contribution in [0.2, 0.25) is 0 Å². The molecule has 1 aromatic rings. The molecule has 0 bridgehead atoms. The van der Waals surface area contributed by atoms with Crippen molar-refractivity contribution in [2.24, 2.45) is 0 Å². The Bertz CT molecular complexity index is 618.